The van der Waals surface area contributed by atoms with Crippen molar-refractivity contribution in [2.75, 3.05) is 0 Å². The zero-order valence-electron chi connectivity index (χ0n) is 14.4. The second kappa shape index (κ2) is 4.86. The number of furan rings is 1. The molecule has 0 amide bonds. The molecule has 0 saturated carbocycles. The highest BCUT2D eigenvalue weighted by molar-refractivity contribution is 6.32. The summed E-state index contributed by atoms with van der Waals surface area (Å²) in [4.78, 5) is 0. The fourth-order valence-corrected chi connectivity index (χ4v) is 4.33. The summed E-state index contributed by atoms with van der Waals surface area (Å²) in [5, 5.41) is 9.96. The van der Waals surface area contributed by atoms with Crippen LogP contribution in [0.1, 0.15) is 5.56 Å². The molecule has 0 aliphatic heterocycles. The van der Waals surface area contributed by atoms with Crippen molar-refractivity contribution in [3.05, 3.63) is 84.4 Å². The zero-order valence-corrected chi connectivity index (χ0v) is 14.4. The molecule has 0 N–H and O–H groups in total. The summed E-state index contributed by atoms with van der Waals surface area (Å²) in [5.74, 6) is 0. The summed E-state index contributed by atoms with van der Waals surface area (Å²) in [5.41, 5.74) is 3.21. The number of hydrogen-bond acceptors (Lipinski definition) is 1. The lowest BCUT2D eigenvalue weighted by atomic mass is 9.92. The first-order chi connectivity index (χ1) is 12.8. The Hall–Kier alpha value is -3.32. The van der Waals surface area contributed by atoms with Crippen LogP contribution in [0.4, 0.5) is 0 Å². The highest BCUT2D eigenvalue weighted by Crippen LogP contribution is 2.41. The number of rotatable bonds is 0. The van der Waals surface area contributed by atoms with E-state index in [1.54, 1.807) is 0 Å². The quantitative estimate of drug-likeness (QED) is 0.265. The molecule has 1 nitrogen and oxygen atoms in total. The van der Waals surface area contributed by atoms with Crippen LogP contribution in [0.15, 0.2) is 83.3 Å². The Morgan fingerprint density at radius 1 is 0.538 bits per heavy atom. The summed E-state index contributed by atoms with van der Waals surface area (Å²) in [6.45, 7) is 2.15. The van der Waals surface area contributed by atoms with E-state index in [0.717, 1.165) is 11.2 Å². The van der Waals surface area contributed by atoms with E-state index < -0.39 is 0 Å². The van der Waals surface area contributed by atoms with Gasteiger partial charge < -0.3 is 4.42 Å². The Morgan fingerprint density at radius 3 is 2.04 bits per heavy atom. The molecule has 0 spiro atoms. The first-order valence-corrected chi connectivity index (χ1v) is 8.96. The molecule has 0 saturated heterocycles. The fourth-order valence-electron chi connectivity index (χ4n) is 4.33. The lowest BCUT2D eigenvalue weighted by Gasteiger charge is -2.11. The summed E-state index contributed by atoms with van der Waals surface area (Å²) in [6, 6.07) is 28.1. The van der Waals surface area contributed by atoms with Gasteiger partial charge in [0.15, 0.2) is 0 Å². The van der Waals surface area contributed by atoms with E-state index in [2.05, 4.69) is 79.7 Å². The Labute approximate surface area is 150 Å². The molecule has 0 aliphatic rings. The fraction of sp³-hybridized carbons (Fsp3) is 0.0400. The van der Waals surface area contributed by atoms with E-state index in [0.29, 0.717) is 0 Å². The number of fused-ring (bicyclic) bond motifs is 10. The zero-order chi connectivity index (χ0) is 17.3. The Bertz CT molecular complexity index is 1480. The van der Waals surface area contributed by atoms with Crippen LogP contribution in [-0.2, 0) is 0 Å². The van der Waals surface area contributed by atoms with Gasteiger partial charge in [0.05, 0.1) is 0 Å². The van der Waals surface area contributed by atoms with Crippen molar-refractivity contribution in [1.29, 1.82) is 0 Å². The van der Waals surface area contributed by atoms with Crippen LogP contribution in [0.5, 0.6) is 0 Å². The minimum atomic E-state index is 0.948. The van der Waals surface area contributed by atoms with Gasteiger partial charge >= 0.3 is 0 Å². The van der Waals surface area contributed by atoms with Crippen molar-refractivity contribution in [2.45, 2.75) is 6.92 Å². The van der Waals surface area contributed by atoms with Gasteiger partial charge in [-0.25, -0.2) is 0 Å². The maximum atomic E-state index is 6.35. The van der Waals surface area contributed by atoms with Gasteiger partial charge in [0.25, 0.3) is 0 Å². The number of aryl methyl sites for hydroxylation is 1. The molecule has 6 rings (SSSR count). The van der Waals surface area contributed by atoms with Crippen molar-refractivity contribution >= 4 is 54.3 Å². The highest BCUT2D eigenvalue weighted by Gasteiger charge is 2.15. The standard InChI is InChI=1S/C25H16O/c1-15-10-11-17-16-6-2-3-8-19(16)24-20(22(17)14-15)12-13-21-18-7-4-5-9-23(18)26-25(21)24/h2-14H,1H3. The smallest absolute Gasteiger partial charge is 0.143 e. The molecule has 0 unspecified atom stereocenters. The average molecular weight is 332 g/mol. The minimum absolute atomic E-state index is 0.948. The van der Waals surface area contributed by atoms with E-state index in [9.17, 15) is 0 Å². The average Bonchev–Trinajstić information content (AvgIpc) is 3.06. The first-order valence-electron chi connectivity index (χ1n) is 8.96. The van der Waals surface area contributed by atoms with Crippen LogP contribution in [0.3, 0.4) is 0 Å². The Balaban J connectivity index is 2.00. The van der Waals surface area contributed by atoms with Gasteiger partial charge in [-0.3, -0.25) is 0 Å². The van der Waals surface area contributed by atoms with Crippen molar-refractivity contribution in [3.8, 4) is 0 Å². The largest absolute Gasteiger partial charge is 0.455 e. The van der Waals surface area contributed by atoms with Crippen molar-refractivity contribution in [3.63, 3.8) is 0 Å². The van der Waals surface area contributed by atoms with Gasteiger partial charge in [0, 0.05) is 16.2 Å². The minimum Gasteiger partial charge on any atom is -0.455 e. The molecule has 0 atom stereocenters. The molecule has 0 bridgehead atoms. The molecule has 5 aromatic carbocycles. The lowest BCUT2D eigenvalue weighted by molar-refractivity contribution is 0.673. The van der Waals surface area contributed by atoms with Crippen molar-refractivity contribution < 1.29 is 4.42 Å². The van der Waals surface area contributed by atoms with Gasteiger partial charge in [0.1, 0.15) is 11.2 Å². The summed E-state index contributed by atoms with van der Waals surface area (Å²) in [6.07, 6.45) is 0. The topological polar surface area (TPSA) is 13.1 Å². The van der Waals surface area contributed by atoms with Gasteiger partial charge in [-0.05, 0) is 46.0 Å². The summed E-state index contributed by atoms with van der Waals surface area (Å²) >= 11 is 0. The van der Waals surface area contributed by atoms with E-state index in [4.69, 9.17) is 4.42 Å². The molecule has 1 aromatic heterocycles. The van der Waals surface area contributed by atoms with Crippen LogP contribution in [-0.4, -0.2) is 0 Å². The normalized spacial score (nSPS) is 12.0. The van der Waals surface area contributed by atoms with Gasteiger partial charge in [-0.1, -0.05) is 72.3 Å². The van der Waals surface area contributed by atoms with E-state index in [1.165, 1.54) is 48.7 Å². The van der Waals surface area contributed by atoms with Gasteiger partial charge in [-0.2, -0.15) is 0 Å². The van der Waals surface area contributed by atoms with Crippen molar-refractivity contribution in [2.24, 2.45) is 0 Å². The maximum absolute atomic E-state index is 6.35. The third-order valence-electron chi connectivity index (χ3n) is 5.50. The third kappa shape index (κ3) is 1.70. The van der Waals surface area contributed by atoms with E-state index in [-0.39, 0.29) is 0 Å². The van der Waals surface area contributed by atoms with Crippen LogP contribution >= 0.6 is 0 Å². The maximum Gasteiger partial charge on any atom is 0.143 e. The van der Waals surface area contributed by atoms with Crippen molar-refractivity contribution in [1.82, 2.24) is 0 Å². The number of hydrogen-bond donors (Lipinski definition) is 0. The number of para-hydroxylation sites is 1. The van der Waals surface area contributed by atoms with Crippen LogP contribution in [0, 0.1) is 6.92 Å². The monoisotopic (exact) mass is 332 g/mol. The summed E-state index contributed by atoms with van der Waals surface area (Å²) in [7, 11) is 0. The Morgan fingerprint density at radius 2 is 1.15 bits per heavy atom. The molecule has 0 aliphatic carbocycles. The van der Waals surface area contributed by atoms with Crippen LogP contribution in [0.25, 0.3) is 54.3 Å². The molecular formula is C25H16O. The molecule has 6 aromatic rings. The third-order valence-corrected chi connectivity index (χ3v) is 5.50. The number of benzene rings is 5. The van der Waals surface area contributed by atoms with Crippen LogP contribution < -0.4 is 0 Å². The van der Waals surface area contributed by atoms with E-state index >= 15 is 0 Å². The predicted octanol–water partition coefficient (Wildman–Crippen LogP) is 7.35. The summed E-state index contributed by atoms with van der Waals surface area (Å²) < 4.78 is 6.35. The lowest BCUT2D eigenvalue weighted by Crippen LogP contribution is -1.84. The Kier molecular flexibility index (Phi) is 2.60. The molecule has 1 heteroatoms. The second-order valence-electron chi connectivity index (χ2n) is 7.06. The predicted molar refractivity (Wildman–Crippen MR) is 111 cm³/mol. The van der Waals surface area contributed by atoms with Gasteiger partial charge in [0.2, 0.25) is 0 Å². The molecule has 1 heterocycles. The molecule has 122 valence electrons. The molecular weight excluding hydrogens is 316 g/mol. The first kappa shape index (κ1) is 13.9. The second-order valence-corrected chi connectivity index (χ2v) is 7.06. The van der Waals surface area contributed by atoms with Gasteiger partial charge in [-0.15, -0.1) is 0 Å². The SMILES string of the molecule is Cc1ccc2c3ccccc3c3c(ccc4c5ccccc5oc43)c2c1. The highest BCUT2D eigenvalue weighted by atomic mass is 16.3. The van der Waals surface area contributed by atoms with E-state index in [1.807, 2.05) is 6.07 Å². The molecule has 26 heavy (non-hydrogen) atoms. The van der Waals surface area contributed by atoms with Crippen LogP contribution in [0.2, 0.25) is 0 Å². The molecule has 0 radical (unpaired) electrons. The molecule has 0 fully saturated rings.